The average Bonchev–Trinajstić information content (AvgIpc) is 2.99. The summed E-state index contributed by atoms with van der Waals surface area (Å²) in [4.78, 5) is 30.0. The van der Waals surface area contributed by atoms with Crippen LogP contribution in [-0.4, -0.2) is 50.2 Å². The van der Waals surface area contributed by atoms with Crippen LogP contribution < -0.4 is 10.6 Å². The van der Waals surface area contributed by atoms with Gasteiger partial charge in [0.1, 0.15) is 17.7 Å². The van der Waals surface area contributed by atoms with Crippen molar-refractivity contribution in [2.75, 3.05) is 13.1 Å². The summed E-state index contributed by atoms with van der Waals surface area (Å²) >= 11 is 0. The minimum atomic E-state index is -0.771. The third kappa shape index (κ3) is 1.96. The molecule has 8 heteroatoms. The Hall–Kier alpha value is -1.96. The molecule has 2 N–H and O–H groups in total. The van der Waals surface area contributed by atoms with Crippen molar-refractivity contribution in [3.8, 4) is 0 Å². The fourth-order valence-corrected chi connectivity index (χ4v) is 2.83. The molecule has 2 saturated heterocycles. The molecule has 1 aromatic heterocycles. The summed E-state index contributed by atoms with van der Waals surface area (Å²) < 4.78 is 1.69. The first-order valence-corrected chi connectivity index (χ1v) is 6.88. The van der Waals surface area contributed by atoms with E-state index < -0.39 is 5.54 Å². The average molecular weight is 278 g/mol. The minimum absolute atomic E-state index is 0.166. The van der Waals surface area contributed by atoms with Crippen molar-refractivity contribution in [2.24, 2.45) is 0 Å². The first-order chi connectivity index (χ1) is 9.66. The second-order valence-electron chi connectivity index (χ2n) is 5.18. The fourth-order valence-electron chi connectivity index (χ4n) is 2.83. The van der Waals surface area contributed by atoms with E-state index in [-0.39, 0.29) is 18.5 Å². The fraction of sp³-hybridized carbons (Fsp3) is 0.667. The van der Waals surface area contributed by atoms with Crippen LogP contribution in [0.4, 0.5) is 4.79 Å². The van der Waals surface area contributed by atoms with Crippen molar-refractivity contribution in [3.63, 3.8) is 0 Å². The van der Waals surface area contributed by atoms with Crippen LogP contribution in [0.5, 0.6) is 0 Å². The monoisotopic (exact) mass is 278 g/mol. The van der Waals surface area contributed by atoms with Gasteiger partial charge in [-0.05, 0) is 26.3 Å². The molecule has 3 heterocycles. The van der Waals surface area contributed by atoms with E-state index in [1.807, 2.05) is 6.92 Å². The van der Waals surface area contributed by atoms with E-state index in [0.29, 0.717) is 25.3 Å². The summed E-state index contributed by atoms with van der Waals surface area (Å²) in [5, 5.41) is 10.1. The molecule has 108 valence electrons. The number of carbonyl (C=O) groups is 2. The SMILES string of the molecule is CCn1ncnc1CN1C(=O)NC2(CCCNC2)C1=O. The molecule has 3 rings (SSSR count). The zero-order chi connectivity index (χ0) is 14.2. The summed E-state index contributed by atoms with van der Waals surface area (Å²) in [6.45, 7) is 4.14. The summed E-state index contributed by atoms with van der Waals surface area (Å²) in [7, 11) is 0. The molecule has 20 heavy (non-hydrogen) atoms. The maximum Gasteiger partial charge on any atom is 0.325 e. The number of urea groups is 1. The number of rotatable bonds is 3. The highest BCUT2D eigenvalue weighted by Crippen LogP contribution is 2.25. The Morgan fingerprint density at radius 2 is 2.30 bits per heavy atom. The van der Waals surface area contributed by atoms with E-state index in [1.165, 1.54) is 11.2 Å². The number of carbonyl (C=O) groups excluding carboxylic acids is 2. The maximum atomic E-state index is 12.6. The largest absolute Gasteiger partial charge is 0.325 e. The number of aryl methyl sites for hydroxylation is 1. The van der Waals surface area contributed by atoms with Crippen LogP contribution in [0.25, 0.3) is 0 Å². The number of imide groups is 1. The van der Waals surface area contributed by atoms with Crippen molar-refractivity contribution < 1.29 is 9.59 Å². The number of nitrogens with one attached hydrogen (secondary N) is 2. The first-order valence-electron chi connectivity index (χ1n) is 6.88. The second-order valence-corrected chi connectivity index (χ2v) is 5.18. The Balaban J connectivity index is 1.80. The number of hydrogen-bond acceptors (Lipinski definition) is 5. The molecule has 1 unspecified atom stereocenters. The van der Waals surface area contributed by atoms with Gasteiger partial charge in [0, 0.05) is 13.1 Å². The number of nitrogens with zero attached hydrogens (tertiary/aromatic N) is 4. The lowest BCUT2D eigenvalue weighted by molar-refractivity contribution is -0.132. The van der Waals surface area contributed by atoms with E-state index in [4.69, 9.17) is 0 Å². The Kier molecular flexibility index (Phi) is 3.17. The molecule has 3 amide bonds. The summed E-state index contributed by atoms with van der Waals surface area (Å²) in [5.74, 6) is 0.456. The second kappa shape index (κ2) is 4.86. The molecule has 0 bridgehead atoms. The molecule has 2 aliphatic heterocycles. The van der Waals surface area contributed by atoms with Gasteiger partial charge in [-0.1, -0.05) is 0 Å². The van der Waals surface area contributed by atoms with E-state index in [1.54, 1.807) is 4.68 Å². The maximum absolute atomic E-state index is 12.6. The van der Waals surface area contributed by atoms with Crippen molar-refractivity contribution in [2.45, 2.75) is 38.4 Å². The molecule has 0 radical (unpaired) electrons. The van der Waals surface area contributed by atoms with Gasteiger partial charge in [-0.25, -0.2) is 14.5 Å². The smallest absolute Gasteiger partial charge is 0.322 e. The van der Waals surface area contributed by atoms with Gasteiger partial charge < -0.3 is 10.6 Å². The molecule has 0 aliphatic carbocycles. The number of piperidine rings is 1. The number of hydrogen-bond donors (Lipinski definition) is 2. The van der Waals surface area contributed by atoms with Crippen LogP contribution in [0, 0.1) is 0 Å². The van der Waals surface area contributed by atoms with Gasteiger partial charge >= 0.3 is 6.03 Å². The van der Waals surface area contributed by atoms with E-state index >= 15 is 0 Å². The first kappa shape index (κ1) is 13.0. The molecule has 8 nitrogen and oxygen atoms in total. The highest BCUT2D eigenvalue weighted by Gasteiger charge is 2.51. The van der Waals surface area contributed by atoms with Gasteiger partial charge in [-0.15, -0.1) is 0 Å². The summed E-state index contributed by atoms with van der Waals surface area (Å²) in [6.07, 6.45) is 3.00. The Bertz CT molecular complexity index is 534. The van der Waals surface area contributed by atoms with Crippen molar-refractivity contribution in [1.82, 2.24) is 30.3 Å². The Labute approximate surface area is 116 Å². The zero-order valence-electron chi connectivity index (χ0n) is 11.4. The summed E-state index contributed by atoms with van der Waals surface area (Å²) in [5.41, 5.74) is -0.771. The number of amides is 3. The van der Waals surface area contributed by atoms with Crippen LogP contribution in [-0.2, 0) is 17.9 Å². The van der Waals surface area contributed by atoms with Gasteiger partial charge in [-0.3, -0.25) is 9.69 Å². The van der Waals surface area contributed by atoms with Crippen molar-refractivity contribution in [3.05, 3.63) is 12.2 Å². The normalized spacial score (nSPS) is 26.4. The minimum Gasteiger partial charge on any atom is -0.322 e. The lowest BCUT2D eigenvalue weighted by atomic mass is 9.90. The molecule has 2 aliphatic rings. The quantitative estimate of drug-likeness (QED) is 0.725. The van der Waals surface area contributed by atoms with E-state index in [0.717, 1.165) is 13.0 Å². The third-order valence-electron chi connectivity index (χ3n) is 3.92. The van der Waals surface area contributed by atoms with Crippen molar-refractivity contribution >= 4 is 11.9 Å². The van der Waals surface area contributed by atoms with E-state index in [2.05, 4.69) is 20.7 Å². The van der Waals surface area contributed by atoms with Gasteiger partial charge in [-0.2, -0.15) is 5.10 Å². The molecule has 1 atom stereocenters. The zero-order valence-corrected chi connectivity index (χ0v) is 11.4. The molecule has 1 spiro atoms. The molecule has 0 saturated carbocycles. The Morgan fingerprint density at radius 3 is 3.00 bits per heavy atom. The topological polar surface area (TPSA) is 92.2 Å². The van der Waals surface area contributed by atoms with Crippen LogP contribution in [0.3, 0.4) is 0 Å². The summed E-state index contributed by atoms with van der Waals surface area (Å²) in [6, 6.07) is -0.343. The molecular weight excluding hydrogens is 260 g/mol. The van der Waals surface area contributed by atoms with Crippen LogP contribution in [0.1, 0.15) is 25.6 Å². The van der Waals surface area contributed by atoms with Crippen LogP contribution in [0.2, 0.25) is 0 Å². The van der Waals surface area contributed by atoms with Crippen LogP contribution in [0.15, 0.2) is 6.33 Å². The standard InChI is InChI=1S/C12H18N6O2/c1-2-18-9(14-8-15-18)6-17-10(19)12(16-11(17)20)4-3-5-13-7-12/h8,13H,2-7H2,1H3,(H,16,20). The number of aromatic nitrogens is 3. The molecule has 0 aromatic carbocycles. The van der Waals surface area contributed by atoms with E-state index in [9.17, 15) is 9.59 Å². The lowest BCUT2D eigenvalue weighted by Gasteiger charge is -2.31. The highest BCUT2D eigenvalue weighted by molar-refractivity contribution is 6.07. The lowest BCUT2D eigenvalue weighted by Crippen LogP contribution is -2.57. The highest BCUT2D eigenvalue weighted by atomic mass is 16.2. The van der Waals surface area contributed by atoms with Gasteiger partial charge in [0.25, 0.3) is 5.91 Å². The molecular formula is C12H18N6O2. The van der Waals surface area contributed by atoms with Gasteiger partial charge in [0.05, 0.1) is 6.54 Å². The van der Waals surface area contributed by atoms with Gasteiger partial charge in [0.15, 0.2) is 0 Å². The Morgan fingerprint density at radius 1 is 1.45 bits per heavy atom. The third-order valence-corrected chi connectivity index (χ3v) is 3.92. The predicted octanol–water partition coefficient (Wildman–Crippen LogP) is -0.528. The van der Waals surface area contributed by atoms with Gasteiger partial charge in [0.2, 0.25) is 0 Å². The van der Waals surface area contributed by atoms with Crippen LogP contribution >= 0.6 is 0 Å². The van der Waals surface area contributed by atoms with Crippen molar-refractivity contribution in [1.29, 1.82) is 0 Å². The molecule has 1 aromatic rings. The predicted molar refractivity (Wildman–Crippen MR) is 69.6 cm³/mol. The molecule has 2 fully saturated rings.